The monoisotopic (exact) mass is 609 g/mol. The van der Waals surface area contributed by atoms with Gasteiger partial charge in [-0.25, -0.2) is 4.79 Å². The van der Waals surface area contributed by atoms with Gasteiger partial charge in [0.2, 0.25) is 0 Å². The van der Waals surface area contributed by atoms with Crippen molar-refractivity contribution in [2.24, 2.45) is 0 Å². The molecular weight excluding hydrogens is 582 g/mol. The lowest BCUT2D eigenvalue weighted by Crippen LogP contribution is -2.32. The quantitative estimate of drug-likeness (QED) is 0.144. The van der Waals surface area contributed by atoms with Gasteiger partial charge in [0.15, 0.2) is 11.5 Å². The average Bonchev–Trinajstić information content (AvgIpc) is 3.16. The minimum absolute atomic E-state index is 0.140. The van der Waals surface area contributed by atoms with Crippen molar-refractivity contribution in [1.29, 1.82) is 0 Å². The van der Waals surface area contributed by atoms with E-state index in [1.807, 2.05) is 31.2 Å². The van der Waals surface area contributed by atoms with E-state index in [1.54, 1.807) is 42.5 Å². The smallest absolute Gasteiger partial charge is 0.343 e. The minimum Gasteiger partial charge on any atom is -0.493 e. The molecule has 3 aromatic carbocycles. The summed E-state index contributed by atoms with van der Waals surface area (Å²) in [5, 5.41) is -0.352. The van der Waals surface area contributed by atoms with E-state index in [1.165, 1.54) is 12.0 Å². The largest absolute Gasteiger partial charge is 0.493 e. The maximum Gasteiger partial charge on any atom is 0.343 e. The van der Waals surface area contributed by atoms with E-state index in [0.29, 0.717) is 21.8 Å². The molecule has 1 fully saturated rings. The van der Waals surface area contributed by atoms with Crippen LogP contribution in [0.4, 0.5) is 4.79 Å². The standard InChI is InChI=1S/C30H28BrNO6S/c1-18(2)23-10-8-19(3)14-25(23)37-13-12-32-28(33)27(39-30(32)35)16-20-9-11-24(26(15-20)36-4)38-29(34)21-6-5-7-22(31)17-21/h5-11,14-18H,12-13H2,1-4H3/b27-16-. The van der Waals surface area contributed by atoms with Crippen molar-refractivity contribution >= 4 is 50.9 Å². The summed E-state index contributed by atoms with van der Waals surface area (Å²) in [7, 11) is 1.46. The maximum atomic E-state index is 13.0. The molecule has 0 atom stereocenters. The number of halogens is 1. The Morgan fingerprint density at radius 2 is 1.82 bits per heavy atom. The lowest BCUT2D eigenvalue weighted by Gasteiger charge is -2.17. The summed E-state index contributed by atoms with van der Waals surface area (Å²) in [6.07, 6.45) is 1.62. The molecule has 0 aromatic heterocycles. The van der Waals surface area contributed by atoms with Gasteiger partial charge < -0.3 is 14.2 Å². The number of thioether (sulfide) groups is 1. The highest BCUT2D eigenvalue weighted by Crippen LogP contribution is 2.35. The van der Waals surface area contributed by atoms with Crippen LogP contribution in [0.1, 0.15) is 46.8 Å². The molecule has 0 spiro atoms. The highest BCUT2D eigenvalue weighted by atomic mass is 79.9. The Balaban J connectivity index is 1.43. The normalized spacial score (nSPS) is 14.3. The number of amides is 2. The number of carbonyl (C=O) groups excluding carboxylic acids is 3. The third-order valence-electron chi connectivity index (χ3n) is 5.99. The van der Waals surface area contributed by atoms with Crippen LogP contribution >= 0.6 is 27.7 Å². The van der Waals surface area contributed by atoms with Gasteiger partial charge in [-0.3, -0.25) is 14.5 Å². The van der Waals surface area contributed by atoms with Crippen LogP contribution in [0.2, 0.25) is 0 Å². The van der Waals surface area contributed by atoms with Crippen molar-refractivity contribution in [3.8, 4) is 17.2 Å². The van der Waals surface area contributed by atoms with Crippen LogP contribution in [0.3, 0.4) is 0 Å². The van der Waals surface area contributed by atoms with Crippen molar-refractivity contribution in [3.05, 3.63) is 92.3 Å². The first-order valence-electron chi connectivity index (χ1n) is 12.3. The second-order valence-electron chi connectivity index (χ2n) is 9.19. The zero-order chi connectivity index (χ0) is 28.1. The Morgan fingerprint density at radius 3 is 2.54 bits per heavy atom. The first-order chi connectivity index (χ1) is 18.7. The number of nitrogens with zero attached hydrogens (tertiary/aromatic N) is 1. The summed E-state index contributed by atoms with van der Waals surface area (Å²) in [6, 6.07) is 17.8. The first-order valence-corrected chi connectivity index (χ1v) is 13.9. The van der Waals surface area contributed by atoms with Crippen LogP contribution in [0.15, 0.2) is 70.0 Å². The van der Waals surface area contributed by atoms with Crippen LogP contribution in [0.5, 0.6) is 17.2 Å². The number of rotatable bonds is 9. The molecule has 1 heterocycles. The predicted molar refractivity (Wildman–Crippen MR) is 156 cm³/mol. The molecule has 0 saturated carbocycles. The number of carbonyl (C=O) groups is 3. The zero-order valence-electron chi connectivity index (χ0n) is 22.0. The Bertz CT molecular complexity index is 1450. The number of esters is 1. The fraction of sp³-hybridized carbons (Fsp3) is 0.233. The van der Waals surface area contributed by atoms with Crippen LogP contribution in [0.25, 0.3) is 6.08 Å². The number of ether oxygens (including phenoxy) is 3. The number of hydrogen-bond acceptors (Lipinski definition) is 7. The summed E-state index contributed by atoms with van der Waals surface area (Å²) in [5.74, 6) is 0.692. The van der Waals surface area contributed by atoms with E-state index in [2.05, 4.69) is 29.8 Å². The molecular formula is C30H28BrNO6S. The van der Waals surface area contributed by atoms with E-state index >= 15 is 0 Å². The number of aryl methyl sites for hydroxylation is 1. The highest BCUT2D eigenvalue weighted by molar-refractivity contribution is 9.10. The fourth-order valence-corrected chi connectivity index (χ4v) is 5.23. The minimum atomic E-state index is -0.531. The van der Waals surface area contributed by atoms with Gasteiger partial charge in [0.05, 0.1) is 24.1 Å². The van der Waals surface area contributed by atoms with Crippen molar-refractivity contribution in [2.75, 3.05) is 20.3 Å². The summed E-state index contributed by atoms with van der Waals surface area (Å²) in [4.78, 5) is 39.6. The van der Waals surface area contributed by atoms with Crippen LogP contribution in [0, 0.1) is 6.92 Å². The van der Waals surface area contributed by atoms with Gasteiger partial charge in [-0.2, -0.15) is 0 Å². The van der Waals surface area contributed by atoms with Crippen LogP contribution < -0.4 is 14.2 Å². The van der Waals surface area contributed by atoms with E-state index in [0.717, 1.165) is 33.1 Å². The maximum absolute atomic E-state index is 13.0. The second kappa shape index (κ2) is 12.5. The zero-order valence-corrected chi connectivity index (χ0v) is 24.4. The summed E-state index contributed by atoms with van der Waals surface area (Å²) in [6.45, 7) is 6.51. The number of imide groups is 1. The van der Waals surface area contributed by atoms with Crippen molar-refractivity contribution in [1.82, 2.24) is 4.90 Å². The van der Waals surface area contributed by atoms with E-state index < -0.39 is 5.97 Å². The van der Waals surface area contributed by atoms with E-state index in [9.17, 15) is 14.4 Å². The van der Waals surface area contributed by atoms with Gasteiger partial charge in [-0.05, 0) is 83.8 Å². The Labute approximate surface area is 240 Å². The van der Waals surface area contributed by atoms with Gasteiger partial charge in [-0.1, -0.05) is 54.0 Å². The molecule has 7 nitrogen and oxygen atoms in total. The lowest BCUT2D eigenvalue weighted by molar-refractivity contribution is -0.123. The highest BCUT2D eigenvalue weighted by Gasteiger charge is 2.35. The SMILES string of the molecule is COc1cc(/C=C2\SC(=O)N(CCOc3cc(C)ccc3C(C)C)C2=O)ccc1OC(=O)c1cccc(Br)c1. The number of benzene rings is 3. The molecule has 39 heavy (non-hydrogen) atoms. The Hall–Kier alpha value is -3.56. The third kappa shape index (κ3) is 6.91. The molecule has 3 aromatic rings. The molecule has 0 bridgehead atoms. The van der Waals surface area contributed by atoms with Gasteiger partial charge in [0.1, 0.15) is 12.4 Å². The molecule has 0 aliphatic carbocycles. The molecule has 0 radical (unpaired) electrons. The molecule has 4 rings (SSSR count). The lowest BCUT2D eigenvalue weighted by atomic mass is 10.0. The van der Waals surface area contributed by atoms with Gasteiger partial charge in [0, 0.05) is 4.47 Å². The van der Waals surface area contributed by atoms with Crippen molar-refractivity contribution in [3.63, 3.8) is 0 Å². The molecule has 0 N–H and O–H groups in total. The van der Waals surface area contributed by atoms with Crippen molar-refractivity contribution < 1.29 is 28.6 Å². The topological polar surface area (TPSA) is 82.1 Å². The molecule has 1 aliphatic rings. The molecule has 1 saturated heterocycles. The summed E-state index contributed by atoms with van der Waals surface area (Å²) in [5.41, 5.74) is 3.16. The van der Waals surface area contributed by atoms with Gasteiger partial charge in [0.25, 0.3) is 11.1 Å². The average molecular weight is 611 g/mol. The molecule has 2 amide bonds. The Kier molecular flexibility index (Phi) is 9.14. The molecule has 0 unspecified atom stereocenters. The molecule has 202 valence electrons. The predicted octanol–water partition coefficient (Wildman–Crippen LogP) is 7.22. The fourth-order valence-electron chi connectivity index (χ4n) is 3.97. The molecule has 9 heteroatoms. The summed E-state index contributed by atoms with van der Waals surface area (Å²) < 4.78 is 17.7. The second-order valence-corrected chi connectivity index (χ2v) is 11.1. The van der Waals surface area contributed by atoms with E-state index in [4.69, 9.17) is 14.2 Å². The van der Waals surface area contributed by atoms with E-state index in [-0.39, 0.29) is 36.0 Å². The molecule has 1 aliphatic heterocycles. The van der Waals surface area contributed by atoms with Crippen molar-refractivity contribution in [2.45, 2.75) is 26.7 Å². The van der Waals surface area contributed by atoms with Crippen LogP contribution in [-0.2, 0) is 4.79 Å². The van der Waals surface area contributed by atoms with Gasteiger partial charge in [-0.15, -0.1) is 0 Å². The summed E-state index contributed by atoms with van der Waals surface area (Å²) >= 11 is 4.21. The third-order valence-corrected chi connectivity index (χ3v) is 7.39. The van der Waals surface area contributed by atoms with Crippen LogP contribution in [-0.4, -0.2) is 42.3 Å². The number of hydrogen-bond donors (Lipinski definition) is 0. The van der Waals surface area contributed by atoms with Gasteiger partial charge >= 0.3 is 5.97 Å². The Morgan fingerprint density at radius 1 is 1.03 bits per heavy atom. The first kappa shape index (κ1) is 28.4. The number of methoxy groups -OCH3 is 1.